The molecule has 0 spiro atoms. The summed E-state index contributed by atoms with van der Waals surface area (Å²) in [5.74, 6) is -4.52. The van der Waals surface area contributed by atoms with Crippen molar-refractivity contribution in [3.05, 3.63) is 12.4 Å². The molecule has 2 saturated heterocycles. The van der Waals surface area contributed by atoms with E-state index in [1.165, 1.54) is 0 Å². The van der Waals surface area contributed by atoms with Crippen molar-refractivity contribution in [2.75, 3.05) is 17.9 Å². The Hall–Kier alpha value is -1.14. The van der Waals surface area contributed by atoms with E-state index >= 15 is 0 Å². The first-order valence-electron chi connectivity index (χ1n) is 12.9. The van der Waals surface area contributed by atoms with Gasteiger partial charge in [-0.25, -0.2) is 9.97 Å². The van der Waals surface area contributed by atoms with Crippen molar-refractivity contribution in [3.8, 4) is 0 Å². The molecular formula is C16H26BN3O2. The van der Waals surface area contributed by atoms with Gasteiger partial charge in [0.15, 0.2) is 0 Å². The Morgan fingerprint density at radius 3 is 2.55 bits per heavy atom. The lowest BCUT2D eigenvalue weighted by atomic mass is 9.81. The molecule has 0 amide bonds. The summed E-state index contributed by atoms with van der Waals surface area (Å²) < 4.78 is 109. The van der Waals surface area contributed by atoms with Crippen LogP contribution < -0.4 is 10.4 Å². The molecule has 0 aliphatic carbocycles. The summed E-state index contributed by atoms with van der Waals surface area (Å²) in [6.07, 6.45) is -5.17. The third-order valence-corrected chi connectivity index (χ3v) is 3.96. The minimum atomic E-state index is -3.78. The minimum Gasteiger partial charge on any atom is -0.399 e. The summed E-state index contributed by atoms with van der Waals surface area (Å²) in [4.78, 5) is 7.82. The van der Waals surface area contributed by atoms with Crippen LogP contribution in [-0.4, -0.2) is 41.3 Å². The van der Waals surface area contributed by atoms with Gasteiger partial charge in [-0.05, 0) is 46.3 Å². The molecule has 6 heteroatoms. The van der Waals surface area contributed by atoms with Crippen LogP contribution >= 0.6 is 0 Å². The van der Waals surface area contributed by atoms with Crippen LogP contribution in [0.4, 0.5) is 5.95 Å². The van der Waals surface area contributed by atoms with Gasteiger partial charge in [0.25, 0.3) is 0 Å². The highest BCUT2D eigenvalue weighted by molar-refractivity contribution is 6.61. The quantitative estimate of drug-likeness (QED) is 0.781. The van der Waals surface area contributed by atoms with Crippen LogP contribution in [0.3, 0.4) is 0 Å². The van der Waals surface area contributed by atoms with Gasteiger partial charge < -0.3 is 14.2 Å². The Kier molecular flexibility index (Phi) is 1.69. The summed E-state index contributed by atoms with van der Waals surface area (Å²) in [5, 5.41) is 0. The molecule has 0 radical (unpaired) electrons. The van der Waals surface area contributed by atoms with Crippen LogP contribution in [0.5, 0.6) is 0 Å². The van der Waals surface area contributed by atoms with Crippen molar-refractivity contribution in [1.82, 2.24) is 9.97 Å². The van der Waals surface area contributed by atoms with Gasteiger partial charge in [-0.3, -0.25) is 0 Å². The molecule has 120 valence electrons. The summed E-state index contributed by atoms with van der Waals surface area (Å²) in [7, 11) is -0.910. The Balaban J connectivity index is 2.13. The van der Waals surface area contributed by atoms with Crippen LogP contribution in [0, 0.1) is 5.89 Å². The van der Waals surface area contributed by atoms with E-state index in [4.69, 9.17) is 25.8 Å². The molecule has 22 heavy (non-hydrogen) atoms. The zero-order chi connectivity index (χ0) is 26.6. The van der Waals surface area contributed by atoms with Gasteiger partial charge in [-0.1, -0.05) is 6.85 Å². The minimum absolute atomic E-state index is 0.00524. The maximum atomic E-state index is 8.41. The predicted molar refractivity (Wildman–Crippen MR) is 88.4 cm³/mol. The van der Waals surface area contributed by atoms with E-state index in [0.717, 1.165) is 12.4 Å². The Morgan fingerprint density at radius 1 is 1.32 bits per heavy atom. The van der Waals surface area contributed by atoms with Crippen molar-refractivity contribution in [2.24, 2.45) is 5.89 Å². The second kappa shape index (κ2) is 5.50. The zero-order valence-electron chi connectivity index (χ0n) is 24.9. The van der Waals surface area contributed by atoms with E-state index in [9.17, 15) is 0 Å². The molecule has 0 bridgehead atoms. The highest BCUT2D eigenvalue weighted by Crippen LogP contribution is 2.36. The molecule has 2 aliphatic rings. The lowest BCUT2D eigenvalue weighted by molar-refractivity contribution is 0.00578. The molecule has 2 fully saturated rings. The highest BCUT2D eigenvalue weighted by Gasteiger charge is 2.51. The number of rotatable bonds is 2. The van der Waals surface area contributed by atoms with Gasteiger partial charge >= 0.3 is 7.12 Å². The monoisotopic (exact) mass is 315 g/mol. The van der Waals surface area contributed by atoms with Crippen molar-refractivity contribution >= 4 is 18.5 Å². The van der Waals surface area contributed by atoms with E-state index in [1.807, 2.05) is 27.7 Å². The Labute approximate surface area is 150 Å². The molecule has 0 saturated carbocycles. The van der Waals surface area contributed by atoms with E-state index < -0.39 is 62.8 Å². The summed E-state index contributed by atoms with van der Waals surface area (Å²) in [5.41, 5.74) is -1.10. The SMILES string of the molecule is [2H]C([2H])([2H])C1([2H])C([2H])([2H])N(c2ncc(B3OC(C)(C)C(C)(C)O3)cn2)C([2H])([2H])C([2H])([2H])C1([2H])[2H]. The zero-order valence-corrected chi connectivity index (χ0v) is 12.9. The molecule has 1 atom stereocenters. The molecule has 1 aromatic rings. The van der Waals surface area contributed by atoms with E-state index in [-0.39, 0.29) is 10.4 Å². The predicted octanol–water partition coefficient (Wildman–Crippen LogP) is 2.01. The molecule has 2 aliphatic heterocycles. The van der Waals surface area contributed by atoms with E-state index in [2.05, 4.69) is 9.97 Å². The first-order chi connectivity index (χ1) is 14.9. The average molecular weight is 315 g/mol. The van der Waals surface area contributed by atoms with Crippen LogP contribution in [0.2, 0.25) is 0 Å². The fourth-order valence-corrected chi connectivity index (χ4v) is 1.96. The van der Waals surface area contributed by atoms with Crippen molar-refractivity contribution in [3.63, 3.8) is 0 Å². The molecule has 1 unspecified atom stereocenters. The molecule has 0 N–H and O–H groups in total. The third kappa shape index (κ3) is 2.86. The van der Waals surface area contributed by atoms with Crippen molar-refractivity contribution in [2.45, 2.75) is 58.5 Å². The van der Waals surface area contributed by atoms with Crippen LogP contribution in [0.25, 0.3) is 0 Å². The third-order valence-electron chi connectivity index (χ3n) is 3.96. The van der Waals surface area contributed by atoms with E-state index in [0.29, 0.717) is 0 Å². The lowest BCUT2D eigenvalue weighted by Gasteiger charge is -2.32. The second-order valence-electron chi connectivity index (χ2n) is 6.09. The van der Waals surface area contributed by atoms with Gasteiger partial charge in [-0.15, -0.1) is 0 Å². The fourth-order valence-electron chi connectivity index (χ4n) is 1.96. The van der Waals surface area contributed by atoms with Crippen LogP contribution in [0.1, 0.15) is 63.7 Å². The summed E-state index contributed by atoms with van der Waals surface area (Å²) in [6.45, 7) is -3.51. The molecule has 3 heterocycles. The highest BCUT2D eigenvalue weighted by atomic mass is 16.7. The molecule has 1 aromatic heterocycles. The van der Waals surface area contributed by atoms with Gasteiger partial charge in [0.05, 0.1) is 11.2 Å². The lowest BCUT2D eigenvalue weighted by Crippen LogP contribution is -2.41. The molecule has 5 nitrogen and oxygen atoms in total. The largest absolute Gasteiger partial charge is 0.498 e. The number of aromatic nitrogens is 2. The molecular weight excluding hydrogens is 277 g/mol. The van der Waals surface area contributed by atoms with Crippen molar-refractivity contribution < 1.29 is 25.8 Å². The number of nitrogens with zero attached hydrogens (tertiary/aromatic N) is 3. The van der Waals surface area contributed by atoms with Crippen molar-refractivity contribution in [1.29, 1.82) is 0 Å². The van der Waals surface area contributed by atoms with Gasteiger partial charge in [0.2, 0.25) is 5.95 Å². The number of anilines is 1. The fraction of sp³-hybridized carbons (Fsp3) is 0.750. The normalized spacial score (nSPS) is 48.4. The first kappa shape index (κ1) is 6.77. The number of piperidine rings is 1. The standard InChI is InChI=1S/C16H26BN3O2/c1-12-7-6-8-20(11-12)14-18-9-13(10-19-14)17-21-15(2,3)16(4,5)22-17/h9-10,12H,6-8,11H2,1-5H3/i1D3,6D2,7D2,8D2,11D2,12D. The Bertz CT molecular complexity index is 953. The topological polar surface area (TPSA) is 47.5 Å². The van der Waals surface area contributed by atoms with Crippen LogP contribution in [-0.2, 0) is 9.31 Å². The second-order valence-corrected chi connectivity index (χ2v) is 6.09. The smallest absolute Gasteiger partial charge is 0.399 e. The number of hydrogen-bond donors (Lipinski definition) is 0. The molecule has 0 aromatic carbocycles. The summed E-state index contributed by atoms with van der Waals surface area (Å²) >= 11 is 0. The first-order valence-corrected chi connectivity index (χ1v) is 6.88. The summed E-state index contributed by atoms with van der Waals surface area (Å²) in [6, 6.07) is 0. The maximum Gasteiger partial charge on any atom is 0.498 e. The van der Waals surface area contributed by atoms with Gasteiger partial charge in [0, 0.05) is 47.3 Å². The number of hydrogen-bond acceptors (Lipinski definition) is 5. The van der Waals surface area contributed by atoms with E-state index in [1.54, 1.807) is 0 Å². The molecule has 3 rings (SSSR count). The maximum absolute atomic E-state index is 8.41. The Morgan fingerprint density at radius 2 is 1.95 bits per heavy atom. The van der Waals surface area contributed by atoms with Crippen LogP contribution in [0.15, 0.2) is 12.4 Å². The van der Waals surface area contributed by atoms with Gasteiger partial charge in [0.1, 0.15) is 0 Å². The van der Waals surface area contributed by atoms with Gasteiger partial charge in [-0.2, -0.15) is 0 Å². The average Bonchev–Trinajstić information content (AvgIpc) is 2.86.